The Bertz CT molecular complexity index is 1020. The van der Waals surface area contributed by atoms with Gasteiger partial charge in [-0.25, -0.2) is 21.9 Å². The van der Waals surface area contributed by atoms with Crippen LogP contribution in [0.3, 0.4) is 0 Å². The van der Waals surface area contributed by atoms with Crippen molar-refractivity contribution < 1.29 is 31.5 Å². The average molecular weight is 447 g/mol. The molecule has 1 aliphatic rings. The monoisotopic (exact) mass is 446 g/mol. The minimum absolute atomic E-state index is 0.0282. The molecule has 0 saturated carbocycles. The topological polar surface area (TPSA) is 93.7 Å². The van der Waals surface area contributed by atoms with Gasteiger partial charge in [-0.15, -0.1) is 0 Å². The number of hydrogen-bond donors (Lipinski definition) is 2. The van der Waals surface area contributed by atoms with E-state index < -0.39 is 33.3 Å². The molecule has 11 heteroatoms. The lowest BCUT2D eigenvalue weighted by Crippen LogP contribution is -2.35. The fourth-order valence-corrected chi connectivity index (χ4v) is 4.26. The van der Waals surface area contributed by atoms with Gasteiger partial charge in [0.1, 0.15) is 11.4 Å². The summed E-state index contributed by atoms with van der Waals surface area (Å²) in [7, 11) is -2.68. The zero-order valence-electron chi connectivity index (χ0n) is 15.2. The maximum atomic E-state index is 14.0. The number of halogens is 3. The molecule has 2 aromatic carbocycles. The molecule has 1 atom stereocenters. The van der Waals surface area contributed by atoms with E-state index in [2.05, 4.69) is 10.0 Å². The van der Waals surface area contributed by atoms with Gasteiger partial charge in [-0.05, 0) is 36.8 Å². The Kier molecular flexibility index (Phi) is 6.37. The van der Waals surface area contributed by atoms with Crippen LogP contribution >= 0.6 is 11.6 Å². The van der Waals surface area contributed by atoms with Gasteiger partial charge in [-0.1, -0.05) is 11.6 Å². The molecule has 3 rings (SSSR count). The lowest BCUT2D eigenvalue weighted by Gasteiger charge is -2.14. The van der Waals surface area contributed by atoms with E-state index in [-0.39, 0.29) is 33.9 Å². The Hall–Kier alpha value is -2.27. The van der Waals surface area contributed by atoms with Crippen LogP contribution in [0.2, 0.25) is 5.02 Å². The van der Waals surface area contributed by atoms with Gasteiger partial charge in [-0.2, -0.15) is 0 Å². The number of carbonyl (C=O) groups excluding carboxylic acids is 1. The zero-order chi connectivity index (χ0) is 21.2. The molecular formula is C18H17ClF2N2O5S. The molecule has 1 fully saturated rings. The number of benzene rings is 2. The average Bonchev–Trinajstić information content (AvgIpc) is 3.16. The summed E-state index contributed by atoms with van der Waals surface area (Å²) >= 11 is 5.57. The minimum atomic E-state index is -3.95. The molecule has 2 aromatic rings. The van der Waals surface area contributed by atoms with E-state index in [1.165, 1.54) is 19.2 Å². The molecule has 0 spiro atoms. The molecule has 29 heavy (non-hydrogen) atoms. The Balaban J connectivity index is 1.92. The highest BCUT2D eigenvalue weighted by molar-refractivity contribution is 7.89. The number of sulfonamides is 1. The van der Waals surface area contributed by atoms with E-state index in [9.17, 15) is 22.0 Å². The van der Waals surface area contributed by atoms with Crippen LogP contribution in [0.15, 0.2) is 35.2 Å². The summed E-state index contributed by atoms with van der Waals surface area (Å²) < 4.78 is 65.9. The molecule has 0 aliphatic carbocycles. The normalized spacial score (nSPS) is 16.6. The van der Waals surface area contributed by atoms with E-state index in [4.69, 9.17) is 21.1 Å². The second-order valence-corrected chi connectivity index (χ2v) is 8.39. The van der Waals surface area contributed by atoms with Crippen molar-refractivity contribution in [2.75, 3.05) is 25.6 Å². The Labute approximate surface area is 171 Å². The van der Waals surface area contributed by atoms with Gasteiger partial charge in [0.15, 0.2) is 11.6 Å². The van der Waals surface area contributed by atoms with Crippen molar-refractivity contribution in [1.29, 1.82) is 0 Å². The van der Waals surface area contributed by atoms with E-state index in [0.29, 0.717) is 13.0 Å². The van der Waals surface area contributed by atoms with Crippen LogP contribution in [0.5, 0.6) is 5.75 Å². The first-order valence-corrected chi connectivity index (χ1v) is 10.3. The molecule has 1 unspecified atom stereocenters. The van der Waals surface area contributed by atoms with Gasteiger partial charge >= 0.3 is 0 Å². The fraction of sp³-hybridized carbons (Fsp3) is 0.278. The maximum Gasteiger partial charge on any atom is 0.259 e. The molecule has 1 heterocycles. The fourth-order valence-electron chi connectivity index (χ4n) is 2.79. The minimum Gasteiger partial charge on any atom is -0.496 e. The van der Waals surface area contributed by atoms with Crippen LogP contribution < -0.4 is 14.8 Å². The van der Waals surface area contributed by atoms with Crippen LogP contribution in [0.1, 0.15) is 16.8 Å². The number of methoxy groups -OCH3 is 1. The maximum absolute atomic E-state index is 14.0. The van der Waals surface area contributed by atoms with Crippen molar-refractivity contribution in [3.05, 3.63) is 52.6 Å². The number of anilines is 1. The number of amides is 1. The third-order valence-corrected chi connectivity index (χ3v) is 5.96. The third kappa shape index (κ3) is 4.84. The molecular weight excluding hydrogens is 430 g/mol. The van der Waals surface area contributed by atoms with Gasteiger partial charge in [0.2, 0.25) is 10.0 Å². The van der Waals surface area contributed by atoms with Crippen LogP contribution in [0, 0.1) is 11.6 Å². The molecule has 7 nitrogen and oxygen atoms in total. The molecule has 0 aromatic heterocycles. The Morgan fingerprint density at radius 2 is 1.93 bits per heavy atom. The van der Waals surface area contributed by atoms with Crippen LogP contribution in [-0.4, -0.2) is 40.7 Å². The lowest BCUT2D eigenvalue weighted by atomic mass is 10.1. The second-order valence-electron chi connectivity index (χ2n) is 6.24. The summed E-state index contributed by atoms with van der Waals surface area (Å²) in [6, 6.07) is 4.91. The number of ether oxygens (including phenoxy) is 2. The SMILES string of the molecule is COc1ccc(S(=O)(=O)NC2CCOC2)cc1C(=O)Nc1c(F)cc(Cl)cc1F. The first kappa shape index (κ1) is 21.4. The van der Waals surface area contributed by atoms with E-state index in [1.54, 1.807) is 0 Å². The van der Waals surface area contributed by atoms with Crippen molar-refractivity contribution in [1.82, 2.24) is 4.72 Å². The highest BCUT2D eigenvalue weighted by Crippen LogP contribution is 2.27. The third-order valence-electron chi connectivity index (χ3n) is 4.22. The molecule has 1 aliphatic heterocycles. The molecule has 1 amide bonds. The van der Waals surface area contributed by atoms with Crippen molar-refractivity contribution in [3.63, 3.8) is 0 Å². The highest BCUT2D eigenvalue weighted by atomic mass is 35.5. The summed E-state index contributed by atoms with van der Waals surface area (Å²) in [4.78, 5) is 12.4. The summed E-state index contributed by atoms with van der Waals surface area (Å²) in [5.41, 5.74) is -0.928. The van der Waals surface area contributed by atoms with E-state index >= 15 is 0 Å². The van der Waals surface area contributed by atoms with Crippen LogP contribution in [0.4, 0.5) is 14.5 Å². The Morgan fingerprint density at radius 3 is 2.52 bits per heavy atom. The number of rotatable bonds is 6. The summed E-state index contributed by atoms with van der Waals surface area (Å²) in [6.45, 7) is 0.694. The summed E-state index contributed by atoms with van der Waals surface area (Å²) in [5.74, 6) is -3.08. The van der Waals surface area contributed by atoms with Crippen molar-refractivity contribution in [3.8, 4) is 5.75 Å². The van der Waals surface area contributed by atoms with E-state index in [1.807, 2.05) is 0 Å². The summed E-state index contributed by atoms with van der Waals surface area (Å²) in [6.07, 6.45) is 0.526. The molecule has 2 N–H and O–H groups in total. The van der Waals surface area contributed by atoms with Gasteiger partial charge in [0.25, 0.3) is 5.91 Å². The number of hydrogen-bond acceptors (Lipinski definition) is 5. The largest absolute Gasteiger partial charge is 0.496 e. The molecule has 0 bridgehead atoms. The smallest absolute Gasteiger partial charge is 0.259 e. The van der Waals surface area contributed by atoms with Gasteiger partial charge in [-0.3, -0.25) is 4.79 Å². The Morgan fingerprint density at radius 1 is 1.24 bits per heavy atom. The highest BCUT2D eigenvalue weighted by Gasteiger charge is 2.26. The summed E-state index contributed by atoms with van der Waals surface area (Å²) in [5, 5.41) is 1.91. The first-order chi connectivity index (χ1) is 13.7. The molecule has 156 valence electrons. The lowest BCUT2D eigenvalue weighted by molar-refractivity contribution is 0.102. The van der Waals surface area contributed by atoms with Crippen molar-refractivity contribution >= 4 is 33.2 Å². The zero-order valence-corrected chi connectivity index (χ0v) is 16.7. The van der Waals surface area contributed by atoms with E-state index in [0.717, 1.165) is 18.2 Å². The van der Waals surface area contributed by atoms with Crippen molar-refractivity contribution in [2.24, 2.45) is 0 Å². The van der Waals surface area contributed by atoms with Crippen molar-refractivity contribution in [2.45, 2.75) is 17.4 Å². The number of carbonyl (C=O) groups is 1. The standard InChI is InChI=1S/C18H17ClF2N2O5S/c1-27-16-3-2-12(29(25,26)23-11-4-5-28-9-11)8-13(16)18(24)22-17-14(20)6-10(19)7-15(17)21/h2-3,6-8,11,23H,4-5,9H2,1H3,(H,22,24). The molecule has 1 saturated heterocycles. The van der Waals surface area contributed by atoms with Crippen LogP contribution in [-0.2, 0) is 14.8 Å². The first-order valence-electron chi connectivity index (χ1n) is 8.45. The quantitative estimate of drug-likeness (QED) is 0.711. The predicted octanol–water partition coefficient (Wildman–Crippen LogP) is 2.95. The van der Waals surface area contributed by atoms with Gasteiger partial charge < -0.3 is 14.8 Å². The molecule has 0 radical (unpaired) electrons. The predicted molar refractivity (Wildman–Crippen MR) is 102 cm³/mol. The van der Waals surface area contributed by atoms with Crippen LogP contribution in [0.25, 0.3) is 0 Å². The number of nitrogens with one attached hydrogen (secondary N) is 2. The van der Waals surface area contributed by atoms with Gasteiger partial charge in [0.05, 0.1) is 24.2 Å². The van der Waals surface area contributed by atoms with Gasteiger partial charge in [0, 0.05) is 17.7 Å². The second kappa shape index (κ2) is 8.62.